The number of piperazine rings is 1. The molecule has 1 aliphatic heterocycles. The van der Waals surface area contributed by atoms with Crippen molar-refractivity contribution in [2.75, 3.05) is 32.7 Å². The molecule has 0 aliphatic carbocycles. The minimum atomic E-state index is 0.271. The number of nitrogens with two attached hydrogens (primary N) is 1. The maximum absolute atomic E-state index is 11.6. The highest BCUT2D eigenvalue weighted by Crippen LogP contribution is 2.04. The summed E-state index contributed by atoms with van der Waals surface area (Å²) in [6, 6.07) is 0. The molecule has 2 N–H and O–H groups in total. The van der Waals surface area contributed by atoms with Crippen molar-refractivity contribution in [1.82, 2.24) is 9.80 Å². The van der Waals surface area contributed by atoms with Gasteiger partial charge in [-0.15, -0.1) is 0 Å². The van der Waals surface area contributed by atoms with Gasteiger partial charge in [0.2, 0.25) is 5.91 Å². The average Bonchev–Trinajstić information content (AvgIpc) is 2.18. The zero-order valence-electron chi connectivity index (χ0n) is 9.24. The molecule has 0 bridgehead atoms. The summed E-state index contributed by atoms with van der Waals surface area (Å²) in [5.74, 6) is 0.271. The van der Waals surface area contributed by atoms with Gasteiger partial charge in [0.1, 0.15) is 0 Å². The molecule has 1 heterocycles. The summed E-state index contributed by atoms with van der Waals surface area (Å²) >= 11 is 4.85. The van der Waals surface area contributed by atoms with Crippen molar-refractivity contribution in [2.24, 2.45) is 5.73 Å². The third kappa shape index (κ3) is 4.13. The van der Waals surface area contributed by atoms with Gasteiger partial charge in [-0.05, 0) is 6.42 Å². The van der Waals surface area contributed by atoms with Gasteiger partial charge in [-0.2, -0.15) is 0 Å². The van der Waals surface area contributed by atoms with Gasteiger partial charge in [0, 0.05) is 39.1 Å². The highest BCUT2D eigenvalue weighted by atomic mass is 32.1. The highest BCUT2D eigenvalue weighted by molar-refractivity contribution is 7.80. The Morgan fingerprint density at radius 1 is 1.33 bits per heavy atom. The van der Waals surface area contributed by atoms with Crippen molar-refractivity contribution >= 4 is 23.1 Å². The van der Waals surface area contributed by atoms with Crippen LogP contribution in [0.4, 0.5) is 0 Å². The van der Waals surface area contributed by atoms with E-state index in [1.165, 1.54) is 0 Å². The summed E-state index contributed by atoms with van der Waals surface area (Å²) < 4.78 is 0. The van der Waals surface area contributed by atoms with Crippen LogP contribution in [0.2, 0.25) is 0 Å². The molecule has 1 rings (SSSR count). The van der Waals surface area contributed by atoms with Crippen molar-refractivity contribution in [2.45, 2.75) is 19.8 Å². The second-order valence-electron chi connectivity index (χ2n) is 3.87. The van der Waals surface area contributed by atoms with Gasteiger partial charge in [-0.1, -0.05) is 19.1 Å². The lowest BCUT2D eigenvalue weighted by atomic mass is 10.2. The maximum Gasteiger partial charge on any atom is 0.222 e. The predicted octanol–water partition coefficient (Wildman–Crippen LogP) is 0.217. The van der Waals surface area contributed by atoms with E-state index in [0.717, 1.165) is 32.6 Å². The molecule has 4 nitrogen and oxygen atoms in total. The van der Waals surface area contributed by atoms with E-state index < -0.39 is 0 Å². The molecule has 0 saturated carbocycles. The fourth-order valence-electron chi connectivity index (χ4n) is 1.75. The molecule has 0 aromatic carbocycles. The van der Waals surface area contributed by atoms with Gasteiger partial charge in [-0.3, -0.25) is 9.69 Å². The summed E-state index contributed by atoms with van der Waals surface area (Å²) in [5, 5.41) is 0. The van der Waals surface area contributed by atoms with E-state index in [2.05, 4.69) is 4.90 Å². The van der Waals surface area contributed by atoms with Gasteiger partial charge >= 0.3 is 0 Å². The van der Waals surface area contributed by atoms with E-state index in [0.29, 0.717) is 18.0 Å². The Morgan fingerprint density at radius 3 is 2.40 bits per heavy atom. The number of amides is 1. The van der Waals surface area contributed by atoms with Crippen LogP contribution in [0, 0.1) is 0 Å². The van der Waals surface area contributed by atoms with E-state index in [-0.39, 0.29) is 5.91 Å². The second kappa shape index (κ2) is 6.02. The van der Waals surface area contributed by atoms with Crippen LogP contribution in [0.15, 0.2) is 0 Å². The fourth-order valence-corrected chi connectivity index (χ4v) is 1.93. The second-order valence-corrected chi connectivity index (χ2v) is 4.40. The van der Waals surface area contributed by atoms with Gasteiger partial charge in [0.05, 0.1) is 4.99 Å². The largest absolute Gasteiger partial charge is 0.392 e. The van der Waals surface area contributed by atoms with Crippen molar-refractivity contribution < 1.29 is 4.79 Å². The lowest BCUT2D eigenvalue weighted by Gasteiger charge is -2.34. The van der Waals surface area contributed by atoms with Crippen molar-refractivity contribution in [3.8, 4) is 0 Å². The third-order valence-corrected chi connectivity index (χ3v) is 2.70. The van der Waals surface area contributed by atoms with Crippen LogP contribution in [0.25, 0.3) is 0 Å². The normalized spacial score (nSPS) is 17.8. The van der Waals surface area contributed by atoms with Crippen molar-refractivity contribution in [1.29, 1.82) is 0 Å². The number of carbonyl (C=O) groups excluding carboxylic acids is 1. The lowest BCUT2D eigenvalue weighted by Crippen LogP contribution is -2.50. The monoisotopic (exact) mass is 229 g/mol. The Kier molecular flexibility index (Phi) is 4.98. The van der Waals surface area contributed by atoms with E-state index >= 15 is 0 Å². The number of hydrogen-bond donors (Lipinski definition) is 1. The van der Waals surface area contributed by atoms with Gasteiger partial charge in [-0.25, -0.2) is 0 Å². The molecule has 0 atom stereocenters. The minimum Gasteiger partial charge on any atom is -0.392 e. The quantitative estimate of drug-likeness (QED) is 0.701. The zero-order chi connectivity index (χ0) is 11.3. The summed E-state index contributed by atoms with van der Waals surface area (Å²) in [6.07, 6.45) is 1.58. The topological polar surface area (TPSA) is 49.6 Å². The fraction of sp³-hybridized carbons (Fsp3) is 0.800. The van der Waals surface area contributed by atoms with Crippen LogP contribution in [-0.4, -0.2) is 53.4 Å². The Hall–Kier alpha value is -0.680. The van der Waals surface area contributed by atoms with Gasteiger partial charge < -0.3 is 10.6 Å². The standard InChI is InChI=1S/C10H19N3OS/c1-2-3-10(14)13-6-4-12(5-7-13)8-9(11)15/h2-8H2,1H3,(H2,11,15). The molecule has 1 aliphatic rings. The summed E-state index contributed by atoms with van der Waals surface area (Å²) in [6.45, 7) is 6.08. The Labute approximate surface area is 96.4 Å². The SMILES string of the molecule is CCCC(=O)N1CCN(CC(N)=S)CC1. The lowest BCUT2D eigenvalue weighted by molar-refractivity contribution is -0.132. The van der Waals surface area contributed by atoms with Crippen molar-refractivity contribution in [3.63, 3.8) is 0 Å². The van der Waals surface area contributed by atoms with Gasteiger partial charge in [0.15, 0.2) is 0 Å². The first kappa shape index (κ1) is 12.4. The number of thiocarbonyl (C=S) groups is 1. The van der Waals surface area contributed by atoms with Crippen LogP contribution < -0.4 is 5.73 Å². The van der Waals surface area contributed by atoms with Crippen molar-refractivity contribution in [3.05, 3.63) is 0 Å². The molecule has 1 amide bonds. The Balaban J connectivity index is 2.29. The molecule has 0 unspecified atom stereocenters. The zero-order valence-corrected chi connectivity index (χ0v) is 10.1. The first-order valence-corrected chi connectivity index (χ1v) is 5.82. The molecular weight excluding hydrogens is 210 g/mol. The predicted molar refractivity (Wildman–Crippen MR) is 64.7 cm³/mol. The molecule has 1 fully saturated rings. The number of rotatable bonds is 4. The molecule has 0 spiro atoms. The molecular formula is C10H19N3OS. The average molecular weight is 229 g/mol. The molecule has 86 valence electrons. The van der Waals surface area contributed by atoms with E-state index in [1.807, 2.05) is 11.8 Å². The molecule has 0 aromatic heterocycles. The first-order chi connectivity index (χ1) is 7.13. The molecule has 0 radical (unpaired) electrons. The van der Waals surface area contributed by atoms with E-state index in [1.54, 1.807) is 0 Å². The van der Waals surface area contributed by atoms with Crippen LogP contribution in [0.3, 0.4) is 0 Å². The number of carbonyl (C=O) groups is 1. The smallest absolute Gasteiger partial charge is 0.222 e. The van der Waals surface area contributed by atoms with Crippen LogP contribution >= 0.6 is 12.2 Å². The molecule has 0 aromatic rings. The maximum atomic E-state index is 11.6. The molecule has 1 saturated heterocycles. The Bertz CT molecular complexity index is 237. The highest BCUT2D eigenvalue weighted by Gasteiger charge is 2.20. The van der Waals surface area contributed by atoms with Gasteiger partial charge in [0.25, 0.3) is 0 Å². The summed E-state index contributed by atoms with van der Waals surface area (Å²) in [7, 11) is 0. The molecule has 5 heteroatoms. The van der Waals surface area contributed by atoms with Crippen LogP contribution in [0.1, 0.15) is 19.8 Å². The van der Waals surface area contributed by atoms with Crippen LogP contribution in [0.5, 0.6) is 0 Å². The minimum absolute atomic E-state index is 0.271. The first-order valence-electron chi connectivity index (χ1n) is 5.42. The Morgan fingerprint density at radius 2 is 1.93 bits per heavy atom. The summed E-state index contributed by atoms with van der Waals surface area (Å²) in [5.41, 5.74) is 5.47. The number of hydrogen-bond acceptors (Lipinski definition) is 3. The third-order valence-electron chi connectivity index (χ3n) is 2.57. The number of nitrogens with zero attached hydrogens (tertiary/aromatic N) is 2. The van der Waals surface area contributed by atoms with E-state index in [4.69, 9.17) is 18.0 Å². The summed E-state index contributed by atoms with van der Waals surface area (Å²) in [4.78, 5) is 16.2. The van der Waals surface area contributed by atoms with E-state index in [9.17, 15) is 4.79 Å². The van der Waals surface area contributed by atoms with Crippen LogP contribution in [-0.2, 0) is 4.79 Å². The molecule has 15 heavy (non-hydrogen) atoms.